The molecule has 6 heteroatoms. The van der Waals surface area contributed by atoms with E-state index in [9.17, 15) is 9.59 Å². The van der Waals surface area contributed by atoms with Crippen molar-refractivity contribution in [3.8, 4) is 0 Å². The smallest absolute Gasteiger partial charge is 0.170 e. The fourth-order valence-electron chi connectivity index (χ4n) is 6.45. The monoisotopic (exact) mass is 768 g/mol. The maximum absolute atomic E-state index is 11.8. The summed E-state index contributed by atoms with van der Waals surface area (Å²) in [7, 11) is 16.6. The lowest BCUT2D eigenvalue weighted by atomic mass is 9.94. The minimum Gasteiger partial charge on any atom is -0.378 e. The third kappa shape index (κ3) is 11.7. The molecule has 6 nitrogen and oxygen atoms in total. The van der Waals surface area contributed by atoms with Crippen molar-refractivity contribution in [3.63, 3.8) is 0 Å². The summed E-state index contributed by atoms with van der Waals surface area (Å²) in [5.41, 5.74) is 13.3. The van der Waals surface area contributed by atoms with Crippen LogP contribution in [0.1, 0.15) is 55.8 Å². The number of ketones is 2. The molecule has 0 bridgehead atoms. The van der Waals surface area contributed by atoms with E-state index in [4.69, 9.17) is 0 Å². The number of carbonyl (C=O) groups excluding carboxylic acids is 2. The van der Waals surface area contributed by atoms with Gasteiger partial charge in [0, 0.05) is 90.3 Å². The van der Waals surface area contributed by atoms with E-state index in [-0.39, 0.29) is 18.0 Å². The van der Waals surface area contributed by atoms with E-state index in [1.54, 1.807) is 48.5 Å². The molecular weight excluding hydrogens is 713 g/mol. The Labute approximate surface area is 346 Å². The van der Waals surface area contributed by atoms with Gasteiger partial charge in [-0.25, -0.2) is 0 Å². The summed E-state index contributed by atoms with van der Waals surface area (Å²) in [5.74, 6) is -0.279. The number of Topliss-reactive ketones (excluding diaryl/α,β-unsaturated/α-hetero) is 2. The SMILES string of the molecule is CN(C)c1ccc(C(=CCC=C(c2ccc(N(C)C)cc2)c2ccc(N(C)C)cc2)c2ccc(N(C)C)cc2)cc1.O=C(CC(=O)c1ccccc1)c1ccccc1. The van der Waals surface area contributed by atoms with E-state index in [0.717, 1.165) is 6.42 Å². The molecule has 0 saturated heterocycles. The maximum Gasteiger partial charge on any atom is 0.170 e. The van der Waals surface area contributed by atoms with Crippen LogP contribution in [-0.2, 0) is 0 Å². The van der Waals surface area contributed by atoms with Gasteiger partial charge < -0.3 is 19.6 Å². The molecular formula is C52H56N4O2. The van der Waals surface area contributed by atoms with Crippen LogP contribution in [0.5, 0.6) is 0 Å². The molecule has 0 unspecified atom stereocenters. The zero-order valence-electron chi connectivity index (χ0n) is 35.2. The van der Waals surface area contributed by atoms with Crippen LogP contribution in [0.25, 0.3) is 11.1 Å². The first-order chi connectivity index (χ1) is 27.9. The molecule has 0 amide bonds. The number of hydrogen-bond acceptors (Lipinski definition) is 6. The fourth-order valence-corrected chi connectivity index (χ4v) is 6.45. The van der Waals surface area contributed by atoms with E-state index in [1.165, 1.54) is 56.1 Å². The Bertz CT molecular complexity index is 2000. The highest BCUT2D eigenvalue weighted by molar-refractivity contribution is 6.13. The Morgan fingerprint density at radius 3 is 0.810 bits per heavy atom. The van der Waals surface area contributed by atoms with Crippen molar-refractivity contribution in [2.24, 2.45) is 0 Å². The van der Waals surface area contributed by atoms with Crippen molar-refractivity contribution in [1.82, 2.24) is 0 Å². The Morgan fingerprint density at radius 1 is 0.345 bits per heavy atom. The number of anilines is 4. The molecule has 0 atom stereocenters. The number of hydrogen-bond donors (Lipinski definition) is 0. The average molecular weight is 769 g/mol. The Balaban J connectivity index is 0.000000313. The first-order valence-corrected chi connectivity index (χ1v) is 19.6. The predicted octanol–water partition coefficient (Wildman–Crippen LogP) is 11.0. The van der Waals surface area contributed by atoms with E-state index in [2.05, 4.69) is 185 Å². The van der Waals surface area contributed by atoms with Gasteiger partial charge in [0.25, 0.3) is 0 Å². The normalized spacial score (nSPS) is 10.3. The number of allylic oxidation sites excluding steroid dienone is 2. The van der Waals surface area contributed by atoms with Crippen molar-refractivity contribution in [2.75, 3.05) is 76.0 Å². The van der Waals surface area contributed by atoms with Gasteiger partial charge in [0.15, 0.2) is 11.6 Å². The highest BCUT2D eigenvalue weighted by atomic mass is 16.1. The number of benzene rings is 6. The van der Waals surface area contributed by atoms with Gasteiger partial charge in [-0.2, -0.15) is 0 Å². The summed E-state index contributed by atoms with van der Waals surface area (Å²) >= 11 is 0. The summed E-state index contributed by atoms with van der Waals surface area (Å²) in [6.07, 6.45) is 5.45. The lowest BCUT2D eigenvalue weighted by Gasteiger charge is -2.17. The number of rotatable bonds is 14. The van der Waals surface area contributed by atoms with E-state index in [1.807, 2.05) is 12.1 Å². The molecule has 0 aliphatic carbocycles. The molecule has 0 saturated carbocycles. The molecule has 0 aliphatic rings. The molecule has 0 aliphatic heterocycles. The molecule has 6 rings (SSSR count). The third-order valence-electron chi connectivity index (χ3n) is 9.94. The largest absolute Gasteiger partial charge is 0.378 e. The van der Waals surface area contributed by atoms with E-state index < -0.39 is 0 Å². The summed E-state index contributed by atoms with van der Waals surface area (Å²) in [4.78, 5) is 32.2. The number of nitrogens with zero attached hydrogens (tertiary/aromatic N) is 4. The standard InChI is InChI=1S/C37H44N4.C15H12O2/c1-38(2)32-20-12-28(13-21-32)36(29-14-22-33(23-15-29)39(3)4)10-9-11-37(30-16-24-34(25-17-30)40(5)6)31-18-26-35(27-19-31)41(7)8;16-14(12-7-3-1-4-8-12)11-15(17)13-9-5-2-6-10-13/h10-27H,9H2,1-8H3;1-10H,11H2. The third-order valence-corrected chi connectivity index (χ3v) is 9.94. The lowest BCUT2D eigenvalue weighted by molar-refractivity contribution is 0.0894. The predicted molar refractivity (Wildman–Crippen MR) is 248 cm³/mol. The second-order valence-corrected chi connectivity index (χ2v) is 15.0. The van der Waals surface area contributed by atoms with Crippen molar-refractivity contribution < 1.29 is 9.59 Å². The second kappa shape index (κ2) is 20.5. The van der Waals surface area contributed by atoms with Crippen LogP contribution < -0.4 is 19.6 Å². The van der Waals surface area contributed by atoms with Crippen LogP contribution in [0.2, 0.25) is 0 Å². The first kappa shape index (κ1) is 42.5. The van der Waals surface area contributed by atoms with Crippen molar-refractivity contribution in [3.05, 3.63) is 203 Å². The van der Waals surface area contributed by atoms with Crippen LogP contribution in [0.3, 0.4) is 0 Å². The highest BCUT2D eigenvalue weighted by Crippen LogP contribution is 2.31. The van der Waals surface area contributed by atoms with Gasteiger partial charge in [-0.3, -0.25) is 9.59 Å². The Morgan fingerprint density at radius 2 is 0.586 bits per heavy atom. The lowest BCUT2D eigenvalue weighted by Crippen LogP contribution is -2.08. The van der Waals surface area contributed by atoms with Gasteiger partial charge in [-0.05, 0) is 88.4 Å². The van der Waals surface area contributed by atoms with Crippen LogP contribution in [-0.4, -0.2) is 67.9 Å². The molecule has 0 fully saturated rings. The van der Waals surface area contributed by atoms with Gasteiger partial charge in [0.2, 0.25) is 0 Å². The van der Waals surface area contributed by atoms with Crippen LogP contribution in [0, 0.1) is 0 Å². The van der Waals surface area contributed by atoms with E-state index in [0.29, 0.717) is 11.1 Å². The molecule has 0 heterocycles. The molecule has 0 aromatic heterocycles. The summed E-state index contributed by atoms with van der Waals surface area (Å²) in [6, 6.07) is 53.1. The van der Waals surface area contributed by atoms with Gasteiger partial charge in [0.05, 0.1) is 6.42 Å². The summed E-state index contributed by atoms with van der Waals surface area (Å²) in [5, 5.41) is 0. The van der Waals surface area contributed by atoms with Crippen LogP contribution >= 0.6 is 0 Å². The fraction of sp³-hybridized carbons (Fsp3) is 0.192. The van der Waals surface area contributed by atoms with Crippen molar-refractivity contribution >= 4 is 45.5 Å². The molecule has 6 aromatic carbocycles. The average Bonchev–Trinajstić information content (AvgIpc) is 3.25. The van der Waals surface area contributed by atoms with Gasteiger partial charge in [-0.15, -0.1) is 0 Å². The zero-order valence-corrected chi connectivity index (χ0v) is 35.2. The van der Waals surface area contributed by atoms with Gasteiger partial charge in [-0.1, -0.05) is 121 Å². The van der Waals surface area contributed by atoms with Crippen LogP contribution in [0.4, 0.5) is 22.7 Å². The van der Waals surface area contributed by atoms with Crippen molar-refractivity contribution in [1.29, 1.82) is 0 Å². The summed E-state index contributed by atoms with van der Waals surface area (Å²) in [6.45, 7) is 0. The molecule has 6 aromatic rings. The molecule has 0 N–H and O–H groups in total. The topological polar surface area (TPSA) is 47.1 Å². The number of carbonyl (C=O) groups is 2. The molecule has 0 spiro atoms. The molecule has 58 heavy (non-hydrogen) atoms. The zero-order chi connectivity index (χ0) is 41.6. The minimum absolute atomic E-state index is 0.0754. The maximum atomic E-state index is 11.8. The molecule has 296 valence electrons. The highest BCUT2D eigenvalue weighted by Gasteiger charge is 2.13. The summed E-state index contributed by atoms with van der Waals surface area (Å²) < 4.78 is 0. The van der Waals surface area contributed by atoms with Gasteiger partial charge >= 0.3 is 0 Å². The van der Waals surface area contributed by atoms with Gasteiger partial charge in [0.1, 0.15) is 0 Å². The molecule has 0 radical (unpaired) electrons. The van der Waals surface area contributed by atoms with Crippen molar-refractivity contribution in [2.45, 2.75) is 12.8 Å². The van der Waals surface area contributed by atoms with Crippen LogP contribution in [0.15, 0.2) is 170 Å². The second-order valence-electron chi connectivity index (χ2n) is 15.0. The first-order valence-electron chi connectivity index (χ1n) is 19.6. The minimum atomic E-state index is -0.139. The quantitative estimate of drug-likeness (QED) is 0.0812. The van der Waals surface area contributed by atoms with E-state index >= 15 is 0 Å². The Hall–Kier alpha value is -6.66. The Kier molecular flexibility index (Phi) is 15.0.